The number of aromatic nitrogens is 2. The van der Waals surface area contributed by atoms with Crippen LogP contribution in [0.2, 0.25) is 0 Å². The van der Waals surface area contributed by atoms with Crippen LogP contribution < -0.4 is 15.6 Å². The first kappa shape index (κ1) is 22.6. The summed E-state index contributed by atoms with van der Waals surface area (Å²) in [7, 11) is 0. The van der Waals surface area contributed by atoms with Gasteiger partial charge in [-0.2, -0.15) is 0 Å². The molecule has 33 heavy (non-hydrogen) atoms. The molecular formula is C25H26F2N4O2. The van der Waals surface area contributed by atoms with E-state index < -0.39 is 23.0 Å². The lowest BCUT2D eigenvalue weighted by molar-refractivity contribution is 0.0950. The fraction of sp³-hybridized carbons (Fsp3) is 0.320. The molecule has 0 aliphatic carbocycles. The summed E-state index contributed by atoms with van der Waals surface area (Å²) in [5.41, 5.74) is -0.389. The zero-order chi connectivity index (χ0) is 23.5. The van der Waals surface area contributed by atoms with Crippen molar-refractivity contribution in [2.24, 2.45) is 5.92 Å². The standard InChI is InChI=1S/C25H26F2N4O2/c1-3-5-16(4-2)10-11-28-25(33)19-15-31(21-8-6-17(26)14-20(21)27)24-18(23(19)32)7-9-22(29-24)30-12-13-30/h3,6-9,14-16H,1,4-5,10-13H2,2H3,(H,28,33). The number of hydrogen-bond acceptors (Lipinski definition) is 4. The monoisotopic (exact) mass is 452 g/mol. The van der Waals surface area contributed by atoms with E-state index >= 15 is 0 Å². The number of amides is 1. The smallest absolute Gasteiger partial charge is 0.256 e. The van der Waals surface area contributed by atoms with E-state index in [1.54, 1.807) is 12.1 Å². The van der Waals surface area contributed by atoms with Crippen LogP contribution in [0.4, 0.5) is 14.6 Å². The maximum Gasteiger partial charge on any atom is 0.256 e. The van der Waals surface area contributed by atoms with E-state index in [2.05, 4.69) is 23.8 Å². The summed E-state index contributed by atoms with van der Waals surface area (Å²) in [6.07, 6.45) is 5.71. The van der Waals surface area contributed by atoms with Gasteiger partial charge in [0.15, 0.2) is 5.65 Å². The maximum atomic E-state index is 14.7. The van der Waals surface area contributed by atoms with Gasteiger partial charge in [0.1, 0.15) is 23.0 Å². The number of fused-ring (bicyclic) bond motifs is 1. The van der Waals surface area contributed by atoms with Gasteiger partial charge in [-0.1, -0.05) is 19.4 Å². The predicted octanol–water partition coefficient (Wildman–Crippen LogP) is 4.21. The zero-order valence-corrected chi connectivity index (χ0v) is 18.5. The minimum atomic E-state index is -0.819. The van der Waals surface area contributed by atoms with E-state index in [0.717, 1.165) is 44.5 Å². The minimum Gasteiger partial charge on any atom is -0.353 e. The molecule has 0 saturated carbocycles. The number of carbonyl (C=O) groups excluding carboxylic acids is 1. The number of hydrogen-bond donors (Lipinski definition) is 1. The molecule has 1 aliphatic heterocycles. The number of anilines is 1. The topological polar surface area (TPSA) is 67.0 Å². The number of carbonyl (C=O) groups is 1. The third-order valence-corrected chi connectivity index (χ3v) is 5.94. The van der Waals surface area contributed by atoms with Crippen molar-refractivity contribution in [2.75, 3.05) is 24.5 Å². The molecule has 1 aliphatic rings. The normalized spacial score (nSPS) is 13.7. The summed E-state index contributed by atoms with van der Waals surface area (Å²) >= 11 is 0. The van der Waals surface area contributed by atoms with Crippen molar-refractivity contribution in [1.82, 2.24) is 14.9 Å². The lowest BCUT2D eigenvalue weighted by atomic mass is 9.98. The molecular weight excluding hydrogens is 426 g/mol. The Balaban J connectivity index is 1.75. The van der Waals surface area contributed by atoms with E-state index in [4.69, 9.17) is 0 Å². The number of pyridine rings is 2. The van der Waals surface area contributed by atoms with Crippen molar-refractivity contribution in [3.63, 3.8) is 0 Å². The predicted molar refractivity (Wildman–Crippen MR) is 125 cm³/mol. The molecule has 1 fully saturated rings. The van der Waals surface area contributed by atoms with Crippen LogP contribution >= 0.6 is 0 Å². The number of nitrogens with zero attached hydrogens (tertiary/aromatic N) is 3. The second-order valence-electron chi connectivity index (χ2n) is 8.21. The number of rotatable bonds is 9. The highest BCUT2D eigenvalue weighted by atomic mass is 19.1. The van der Waals surface area contributed by atoms with Crippen LogP contribution in [-0.4, -0.2) is 35.1 Å². The molecule has 0 bridgehead atoms. The summed E-state index contributed by atoms with van der Waals surface area (Å²) < 4.78 is 29.6. The summed E-state index contributed by atoms with van der Waals surface area (Å²) in [5.74, 6) is -1.03. The van der Waals surface area contributed by atoms with Crippen molar-refractivity contribution in [3.05, 3.63) is 76.6 Å². The molecule has 1 aromatic carbocycles. The zero-order valence-electron chi connectivity index (χ0n) is 18.5. The Morgan fingerprint density at radius 2 is 2.06 bits per heavy atom. The SMILES string of the molecule is C=CCC(CC)CCNC(=O)c1cn(-c2ccc(F)cc2F)c2nc(N3CC3)ccc2c1=O. The molecule has 1 atom stereocenters. The fourth-order valence-corrected chi connectivity index (χ4v) is 3.88. The van der Waals surface area contributed by atoms with Gasteiger partial charge in [0, 0.05) is 31.9 Å². The van der Waals surface area contributed by atoms with Crippen molar-refractivity contribution in [2.45, 2.75) is 26.2 Å². The van der Waals surface area contributed by atoms with Crippen LogP contribution in [0.15, 0.2) is 54.0 Å². The highest BCUT2D eigenvalue weighted by Crippen LogP contribution is 2.24. The Labute approximate surface area is 190 Å². The summed E-state index contributed by atoms with van der Waals surface area (Å²) in [6.45, 7) is 7.93. The molecule has 1 saturated heterocycles. The van der Waals surface area contributed by atoms with Gasteiger partial charge in [0.2, 0.25) is 5.43 Å². The van der Waals surface area contributed by atoms with E-state index in [0.29, 0.717) is 18.3 Å². The number of halogens is 2. The highest BCUT2D eigenvalue weighted by Gasteiger charge is 2.23. The molecule has 8 heteroatoms. The summed E-state index contributed by atoms with van der Waals surface area (Å²) in [4.78, 5) is 32.6. The van der Waals surface area contributed by atoms with E-state index in [9.17, 15) is 18.4 Å². The number of benzene rings is 1. The first-order valence-electron chi connectivity index (χ1n) is 11.1. The third-order valence-electron chi connectivity index (χ3n) is 5.94. The summed E-state index contributed by atoms with van der Waals surface area (Å²) in [5, 5.41) is 2.99. The molecule has 3 aromatic rings. The van der Waals surface area contributed by atoms with Crippen molar-refractivity contribution in [3.8, 4) is 5.69 Å². The van der Waals surface area contributed by atoms with Gasteiger partial charge in [-0.25, -0.2) is 13.8 Å². The van der Waals surface area contributed by atoms with Gasteiger partial charge in [-0.15, -0.1) is 6.58 Å². The Morgan fingerprint density at radius 1 is 1.27 bits per heavy atom. The van der Waals surface area contributed by atoms with Crippen molar-refractivity contribution < 1.29 is 13.6 Å². The molecule has 1 unspecified atom stereocenters. The van der Waals surface area contributed by atoms with E-state index in [1.807, 2.05) is 11.0 Å². The largest absolute Gasteiger partial charge is 0.353 e. The molecule has 3 heterocycles. The second-order valence-corrected chi connectivity index (χ2v) is 8.21. The van der Waals surface area contributed by atoms with Crippen LogP contribution in [0, 0.1) is 17.6 Å². The lowest BCUT2D eigenvalue weighted by Gasteiger charge is -2.16. The second kappa shape index (κ2) is 9.52. The Kier molecular flexibility index (Phi) is 6.53. The van der Waals surface area contributed by atoms with Crippen LogP contribution in [0.3, 0.4) is 0 Å². The molecule has 0 spiro atoms. The molecule has 172 valence electrons. The molecule has 6 nitrogen and oxygen atoms in total. The number of nitrogens with one attached hydrogen (secondary N) is 1. The first-order valence-corrected chi connectivity index (χ1v) is 11.1. The van der Waals surface area contributed by atoms with Gasteiger partial charge in [0.25, 0.3) is 5.91 Å². The Morgan fingerprint density at radius 3 is 2.73 bits per heavy atom. The molecule has 1 N–H and O–H groups in total. The molecule has 1 amide bonds. The average molecular weight is 453 g/mol. The minimum absolute atomic E-state index is 0.00271. The average Bonchev–Trinajstić information content (AvgIpc) is 3.64. The Bertz CT molecular complexity index is 1270. The van der Waals surface area contributed by atoms with Gasteiger partial charge in [-0.3, -0.25) is 14.2 Å². The van der Waals surface area contributed by atoms with E-state index in [1.165, 1.54) is 16.8 Å². The van der Waals surface area contributed by atoms with Crippen molar-refractivity contribution >= 4 is 22.8 Å². The van der Waals surface area contributed by atoms with Crippen molar-refractivity contribution in [1.29, 1.82) is 0 Å². The molecule has 0 radical (unpaired) electrons. The van der Waals surface area contributed by atoms with Gasteiger partial charge >= 0.3 is 0 Å². The molecule has 2 aromatic heterocycles. The first-order chi connectivity index (χ1) is 15.9. The van der Waals surface area contributed by atoms with Crippen LogP contribution in [0.25, 0.3) is 16.7 Å². The van der Waals surface area contributed by atoms with Crippen LogP contribution in [-0.2, 0) is 0 Å². The lowest BCUT2D eigenvalue weighted by Crippen LogP contribution is -2.31. The molecule has 4 rings (SSSR count). The third kappa shape index (κ3) is 4.79. The Hall–Kier alpha value is -3.55. The quantitative estimate of drug-likeness (QED) is 0.390. The van der Waals surface area contributed by atoms with Gasteiger partial charge in [-0.05, 0) is 43.0 Å². The fourth-order valence-electron chi connectivity index (χ4n) is 3.88. The maximum absolute atomic E-state index is 14.7. The number of allylic oxidation sites excluding steroid dienone is 1. The summed E-state index contributed by atoms with van der Waals surface area (Å²) in [6, 6.07) is 6.47. The van der Waals surface area contributed by atoms with Crippen LogP contribution in [0.1, 0.15) is 36.5 Å². The van der Waals surface area contributed by atoms with E-state index in [-0.39, 0.29) is 22.3 Å². The van der Waals surface area contributed by atoms with Crippen LogP contribution in [0.5, 0.6) is 0 Å². The van der Waals surface area contributed by atoms with Gasteiger partial charge < -0.3 is 10.2 Å². The van der Waals surface area contributed by atoms with Gasteiger partial charge in [0.05, 0.1) is 11.1 Å². The highest BCUT2D eigenvalue weighted by molar-refractivity contribution is 5.97.